The SMILES string of the molecule is CCNC(=O)[C@]12[C@@H]3CCCN1C=C(C(C)=O)[C@H]2C3. The van der Waals surface area contributed by atoms with Crippen LogP contribution in [0.5, 0.6) is 0 Å². The minimum Gasteiger partial charge on any atom is -0.362 e. The smallest absolute Gasteiger partial charge is 0.246 e. The fourth-order valence-electron chi connectivity index (χ4n) is 4.14. The summed E-state index contributed by atoms with van der Waals surface area (Å²) in [7, 11) is 0. The lowest BCUT2D eigenvalue weighted by atomic mass is 9.54. The van der Waals surface area contributed by atoms with Gasteiger partial charge in [0.15, 0.2) is 5.78 Å². The van der Waals surface area contributed by atoms with Gasteiger partial charge in [0.25, 0.3) is 0 Å². The van der Waals surface area contributed by atoms with E-state index in [4.69, 9.17) is 0 Å². The second kappa shape index (κ2) is 3.84. The van der Waals surface area contributed by atoms with Crippen molar-refractivity contribution in [3.8, 4) is 0 Å². The molecule has 2 aliphatic heterocycles. The topological polar surface area (TPSA) is 49.4 Å². The lowest BCUT2D eigenvalue weighted by Gasteiger charge is -2.58. The molecule has 18 heavy (non-hydrogen) atoms. The summed E-state index contributed by atoms with van der Waals surface area (Å²) in [6.07, 6.45) is 5.20. The number of nitrogens with zero attached hydrogens (tertiary/aromatic N) is 1. The van der Waals surface area contributed by atoms with Gasteiger partial charge in [0.2, 0.25) is 5.91 Å². The molecule has 1 aliphatic carbocycles. The van der Waals surface area contributed by atoms with Crippen LogP contribution in [0.25, 0.3) is 0 Å². The van der Waals surface area contributed by atoms with E-state index < -0.39 is 5.54 Å². The van der Waals surface area contributed by atoms with Crippen LogP contribution in [0.15, 0.2) is 11.8 Å². The summed E-state index contributed by atoms with van der Waals surface area (Å²) in [6, 6.07) is 0. The molecule has 0 radical (unpaired) electrons. The number of hydrogen-bond acceptors (Lipinski definition) is 3. The minimum absolute atomic E-state index is 0.122. The fraction of sp³-hybridized carbons (Fsp3) is 0.714. The van der Waals surface area contributed by atoms with Crippen LogP contribution < -0.4 is 5.32 Å². The highest BCUT2D eigenvalue weighted by Gasteiger charge is 2.67. The van der Waals surface area contributed by atoms with E-state index in [9.17, 15) is 9.59 Å². The highest BCUT2D eigenvalue weighted by molar-refractivity contribution is 5.99. The predicted molar refractivity (Wildman–Crippen MR) is 67.7 cm³/mol. The zero-order chi connectivity index (χ0) is 12.9. The Morgan fingerprint density at radius 3 is 3.00 bits per heavy atom. The normalized spacial score (nSPS) is 36.6. The minimum atomic E-state index is -0.421. The van der Waals surface area contributed by atoms with E-state index >= 15 is 0 Å². The number of rotatable bonds is 3. The first-order valence-corrected chi connectivity index (χ1v) is 6.90. The van der Waals surface area contributed by atoms with Crippen molar-refractivity contribution >= 4 is 11.7 Å². The van der Waals surface area contributed by atoms with Crippen LogP contribution in [-0.4, -0.2) is 35.2 Å². The number of ketones is 1. The molecule has 1 saturated heterocycles. The molecule has 0 aromatic rings. The van der Waals surface area contributed by atoms with Gasteiger partial charge in [0.1, 0.15) is 5.54 Å². The Kier molecular flexibility index (Phi) is 2.50. The van der Waals surface area contributed by atoms with Gasteiger partial charge in [-0.15, -0.1) is 0 Å². The first-order chi connectivity index (χ1) is 8.62. The molecule has 0 aromatic heterocycles. The molecule has 3 atom stereocenters. The highest BCUT2D eigenvalue weighted by Crippen LogP contribution is 2.59. The van der Waals surface area contributed by atoms with Crippen molar-refractivity contribution < 1.29 is 9.59 Å². The largest absolute Gasteiger partial charge is 0.362 e. The van der Waals surface area contributed by atoms with Crippen LogP contribution in [0.1, 0.15) is 33.1 Å². The number of carbonyl (C=O) groups excluding carboxylic acids is 2. The summed E-state index contributed by atoms with van der Waals surface area (Å²) in [5.41, 5.74) is 0.439. The van der Waals surface area contributed by atoms with Crippen molar-refractivity contribution in [3.05, 3.63) is 11.8 Å². The molecule has 3 rings (SSSR count). The van der Waals surface area contributed by atoms with Gasteiger partial charge in [0, 0.05) is 30.8 Å². The van der Waals surface area contributed by atoms with Gasteiger partial charge in [-0.05, 0) is 39.0 Å². The molecule has 4 nitrogen and oxygen atoms in total. The first-order valence-electron chi connectivity index (χ1n) is 6.90. The van der Waals surface area contributed by atoms with Gasteiger partial charge in [-0.2, -0.15) is 0 Å². The highest BCUT2D eigenvalue weighted by atomic mass is 16.2. The Hall–Kier alpha value is -1.32. The van der Waals surface area contributed by atoms with Crippen LogP contribution in [0.3, 0.4) is 0 Å². The van der Waals surface area contributed by atoms with Crippen molar-refractivity contribution in [2.24, 2.45) is 11.8 Å². The standard InChI is InChI=1S/C14H20N2O2/c1-3-15-13(18)14-10-5-4-6-16(14)8-11(9(2)17)12(14)7-10/h8,10,12H,3-7H2,1-2H3,(H,15,18)/t10-,12-,14-/m1/s1. The molecule has 4 heteroatoms. The number of Topliss-reactive ketones (excluding diaryl/α,β-unsaturated/α-hetero) is 1. The van der Waals surface area contributed by atoms with Crippen molar-refractivity contribution in [2.75, 3.05) is 13.1 Å². The van der Waals surface area contributed by atoms with E-state index in [0.717, 1.165) is 31.4 Å². The molecule has 0 aromatic carbocycles. The molecular weight excluding hydrogens is 228 g/mol. The van der Waals surface area contributed by atoms with Gasteiger partial charge >= 0.3 is 0 Å². The monoisotopic (exact) mass is 248 g/mol. The Bertz CT molecular complexity index is 443. The van der Waals surface area contributed by atoms with Gasteiger partial charge in [-0.3, -0.25) is 9.59 Å². The summed E-state index contributed by atoms with van der Waals surface area (Å²) < 4.78 is 0. The number of hydrogen-bond donors (Lipinski definition) is 1. The molecule has 0 bridgehead atoms. The number of nitrogens with one attached hydrogen (secondary N) is 1. The summed E-state index contributed by atoms with van der Waals surface area (Å²) in [5, 5.41) is 2.97. The lowest BCUT2D eigenvalue weighted by Crippen LogP contribution is -2.71. The second-order valence-corrected chi connectivity index (χ2v) is 5.65. The van der Waals surface area contributed by atoms with E-state index in [1.807, 2.05) is 13.1 Å². The van der Waals surface area contributed by atoms with Crippen molar-refractivity contribution in [2.45, 2.75) is 38.6 Å². The van der Waals surface area contributed by atoms with E-state index in [-0.39, 0.29) is 17.6 Å². The summed E-state index contributed by atoms with van der Waals surface area (Å²) >= 11 is 0. The average molecular weight is 248 g/mol. The molecule has 98 valence electrons. The molecule has 0 unspecified atom stereocenters. The Labute approximate surface area is 107 Å². The third-order valence-electron chi connectivity index (χ3n) is 4.88. The zero-order valence-electron chi connectivity index (χ0n) is 11.0. The van der Waals surface area contributed by atoms with Crippen LogP contribution in [-0.2, 0) is 9.59 Å². The Balaban J connectivity index is 1.98. The second-order valence-electron chi connectivity index (χ2n) is 5.65. The number of carbonyl (C=O) groups is 2. The van der Waals surface area contributed by atoms with Crippen molar-refractivity contribution in [3.63, 3.8) is 0 Å². The quantitative estimate of drug-likeness (QED) is 0.813. The van der Waals surface area contributed by atoms with Gasteiger partial charge in [0.05, 0.1) is 0 Å². The zero-order valence-corrected chi connectivity index (χ0v) is 11.0. The van der Waals surface area contributed by atoms with Crippen LogP contribution in [0, 0.1) is 11.8 Å². The summed E-state index contributed by atoms with van der Waals surface area (Å²) in [4.78, 5) is 26.4. The summed E-state index contributed by atoms with van der Waals surface area (Å²) in [6.45, 7) is 5.12. The maximum absolute atomic E-state index is 12.5. The van der Waals surface area contributed by atoms with Crippen LogP contribution in [0.2, 0.25) is 0 Å². The molecule has 1 N–H and O–H groups in total. The van der Waals surface area contributed by atoms with Gasteiger partial charge in [-0.25, -0.2) is 0 Å². The number of piperidine rings is 1. The third-order valence-corrected chi connectivity index (χ3v) is 4.88. The van der Waals surface area contributed by atoms with E-state index in [1.54, 1.807) is 6.92 Å². The first kappa shape index (κ1) is 11.8. The molecule has 1 saturated carbocycles. The Morgan fingerprint density at radius 2 is 2.33 bits per heavy atom. The average Bonchev–Trinajstić information content (AvgIpc) is 2.61. The molecule has 2 fully saturated rings. The number of likely N-dealkylation sites (N-methyl/N-ethyl adjacent to an activating group) is 1. The van der Waals surface area contributed by atoms with E-state index in [0.29, 0.717) is 12.5 Å². The molecule has 1 amide bonds. The van der Waals surface area contributed by atoms with Gasteiger partial charge < -0.3 is 10.2 Å². The summed E-state index contributed by atoms with van der Waals surface area (Å²) in [5.74, 6) is 0.803. The maximum Gasteiger partial charge on any atom is 0.246 e. The maximum atomic E-state index is 12.5. The van der Waals surface area contributed by atoms with Crippen LogP contribution in [0.4, 0.5) is 0 Å². The molecule has 0 spiro atoms. The molecule has 3 aliphatic rings. The molecule has 2 heterocycles. The van der Waals surface area contributed by atoms with Gasteiger partial charge in [-0.1, -0.05) is 0 Å². The Morgan fingerprint density at radius 1 is 1.56 bits per heavy atom. The van der Waals surface area contributed by atoms with Crippen LogP contribution >= 0.6 is 0 Å². The van der Waals surface area contributed by atoms with E-state index in [1.165, 1.54) is 0 Å². The third kappa shape index (κ3) is 1.21. The molecular formula is C14H20N2O2. The predicted octanol–water partition coefficient (Wildman–Crippen LogP) is 1.08. The van der Waals surface area contributed by atoms with E-state index in [2.05, 4.69) is 10.2 Å². The fourth-order valence-corrected chi connectivity index (χ4v) is 4.14. The number of amides is 1. The van der Waals surface area contributed by atoms with Crippen molar-refractivity contribution in [1.82, 2.24) is 10.2 Å². The lowest BCUT2D eigenvalue weighted by molar-refractivity contribution is -0.153. The van der Waals surface area contributed by atoms with Crippen molar-refractivity contribution in [1.29, 1.82) is 0 Å².